The number of hydrogen-bond acceptors (Lipinski definition) is 7. The molecule has 0 aliphatic carbocycles. The predicted molar refractivity (Wildman–Crippen MR) is 130 cm³/mol. The molecule has 1 N–H and O–H groups in total. The van der Waals surface area contributed by atoms with Crippen LogP contribution < -0.4 is 4.72 Å². The van der Waals surface area contributed by atoms with E-state index >= 15 is 0 Å². The van der Waals surface area contributed by atoms with Crippen molar-refractivity contribution in [2.45, 2.75) is 18.0 Å². The Morgan fingerprint density at radius 1 is 1.03 bits per heavy atom. The number of carbonyl (C=O) groups is 1. The first-order valence-corrected chi connectivity index (χ1v) is 13.3. The molecule has 0 radical (unpaired) electrons. The number of rotatable bonds is 7. The number of sulfonamides is 1. The van der Waals surface area contributed by atoms with Crippen LogP contribution in [0.25, 0.3) is 10.2 Å². The van der Waals surface area contributed by atoms with Gasteiger partial charge in [-0.1, -0.05) is 18.2 Å². The molecule has 0 spiro atoms. The quantitative estimate of drug-likeness (QED) is 0.422. The lowest BCUT2D eigenvalue weighted by Gasteiger charge is -2.34. The molecule has 5 rings (SSSR count). The summed E-state index contributed by atoms with van der Waals surface area (Å²) in [4.78, 5) is 21.9. The van der Waals surface area contributed by atoms with Crippen LogP contribution in [-0.4, -0.2) is 55.3 Å². The number of nitrogens with one attached hydrogen (secondary N) is 1. The number of aromatic nitrogens is 1. The number of hydrogen-bond donors (Lipinski definition) is 1. The normalized spacial score (nSPS) is 15.1. The average molecular weight is 497 g/mol. The Morgan fingerprint density at radius 3 is 2.62 bits per heavy atom. The van der Waals surface area contributed by atoms with Crippen LogP contribution in [0.15, 0.2) is 76.2 Å². The highest BCUT2D eigenvalue weighted by molar-refractivity contribution is 7.89. The molecule has 3 heterocycles. The Hall–Kier alpha value is -3.05. The summed E-state index contributed by atoms with van der Waals surface area (Å²) in [6.07, 6.45) is 1.49. The molecule has 1 saturated heterocycles. The highest BCUT2D eigenvalue weighted by Gasteiger charge is 2.24. The minimum Gasteiger partial charge on any atom is -0.468 e. The van der Waals surface area contributed by atoms with Gasteiger partial charge in [0.2, 0.25) is 10.0 Å². The Bertz CT molecular complexity index is 1360. The van der Waals surface area contributed by atoms with Gasteiger partial charge < -0.3 is 9.32 Å². The summed E-state index contributed by atoms with van der Waals surface area (Å²) in [6.45, 7) is 3.45. The summed E-state index contributed by atoms with van der Waals surface area (Å²) in [7, 11) is -3.77. The van der Waals surface area contributed by atoms with E-state index in [4.69, 9.17) is 9.40 Å². The maximum atomic E-state index is 13.1. The molecule has 2 aromatic heterocycles. The first kappa shape index (κ1) is 22.7. The molecule has 0 bridgehead atoms. The van der Waals surface area contributed by atoms with Gasteiger partial charge in [-0.25, -0.2) is 18.1 Å². The molecule has 8 nitrogen and oxygen atoms in total. The standard InChI is InChI=1S/C24H24N4O4S2/c29-24(18-5-3-7-20(15-18)34(30,31)25-16-19-6-4-14-32-19)28-12-10-27(11-13-28)17-23-26-21-8-1-2-9-22(21)33-23/h1-9,14-15,25H,10-13,16-17H2. The topological polar surface area (TPSA) is 95.7 Å². The lowest BCUT2D eigenvalue weighted by molar-refractivity contribution is 0.0628. The second kappa shape index (κ2) is 9.67. The van der Waals surface area contributed by atoms with Crippen molar-refractivity contribution in [1.82, 2.24) is 19.5 Å². The van der Waals surface area contributed by atoms with Crippen LogP contribution in [0.4, 0.5) is 0 Å². The number of nitrogens with zero attached hydrogens (tertiary/aromatic N) is 3. The molecule has 0 unspecified atom stereocenters. The van der Waals surface area contributed by atoms with Gasteiger partial charge in [0.05, 0.1) is 34.5 Å². The number of piperazine rings is 1. The average Bonchev–Trinajstić information content (AvgIpc) is 3.52. The monoisotopic (exact) mass is 496 g/mol. The van der Waals surface area contributed by atoms with Gasteiger partial charge in [-0.15, -0.1) is 11.3 Å². The van der Waals surface area contributed by atoms with Crippen molar-refractivity contribution < 1.29 is 17.6 Å². The highest BCUT2D eigenvalue weighted by atomic mass is 32.2. The van der Waals surface area contributed by atoms with E-state index in [-0.39, 0.29) is 17.3 Å². The Kier molecular flexibility index (Phi) is 6.46. The van der Waals surface area contributed by atoms with E-state index in [1.54, 1.807) is 40.5 Å². The van der Waals surface area contributed by atoms with Crippen LogP contribution in [0.3, 0.4) is 0 Å². The molecule has 2 aromatic carbocycles. The van der Waals surface area contributed by atoms with Gasteiger partial charge >= 0.3 is 0 Å². The molecular weight excluding hydrogens is 472 g/mol. The molecule has 1 amide bonds. The summed E-state index contributed by atoms with van der Waals surface area (Å²) in [5.41, 5.74) is 1.38. The van der Waals surface area contributed by atoms with Gasteiger partial charge in [-0.2, -0.15) is 0 Å². The number of thiazole rings is 1. The largest absolute Gasteiger partial charge is 0.468 e. The van der Waals surface area contributed by atoms with E-state index in [0.29, 0.717) is 24.4 Å². The SMILES string of the molecule is O=C(c1cccc(S(=O)(=O)NCc2ccco2)c1)N1CCN(Cc2nc3ccccc3s2)CC1. The second-order valence-corrected chi connectivity index (χ2v) is 11.0. The fourth-order valence-corrected chi connectivity index (χ4v) is 5.98. The minimum atomic E-state index is -3.77. The molecule has 176 valence electrons. The van der Waals surface area contributed by atoms with Crippen LogP contribution in [0.5, 0.6) is 0 Å². The number of fused-ring (bicyclic) bond motifs is 1. The van der Waals surface area contributed by atoms with Crippen molar-refractivity contribution in [2.24, 2.45) is 0 Å². The van der Waals surface area contributed by atoms with E-state index in [0.717, 1.165) is 30.2 Å². The maximum Gasteiger partial charge on any atom is 0.253 e. The van der Waals surface area contributed by atoms with Gasteiger partial charge in [-0.3, -0.25) is 9.69 Å². The van der Waals surface area contributed by atoms with E-state index < -0.39 is 10.0 Å². The Labute approximate surface area is 201 Å². The first-order chi connectivity index (χ1) is 16.5. The third-order valence-electron chi connectivity index (χ3n) is 5.76. The van der Waals surface area contributed by atoms with E-state index in [9.17, 15) is 13.2 Å². The van der Waals surface area contributed by atoms with Crippen molar-refractivity contribution in [2.75, 3.05) is 26.2 Å². The molecule has 0 atom stereocenters. The molecule has 1 fully saturated rings. The number of furan rings is 1. The summed E-state index contributed by atoms with van der Waals surface area (Å²) in [5.74, 6) is 0.349. The van der Waals surface area contributed by atoms with Crippen LogP contribution in [-0.2, 0) is 23.1 Å². The zero-order valence-corrected chi connectivity index (χ0v) is 20.0. The van der Waals surface area contributed by atoms with Gasteiger partial charge in [0.15, 0.2) is 0 Å². The third-order valence-corrected chi connectivity index (χ3v) is 8.18. The summed E-state index contributed by atoms with van der Waals surface area (Å²) >= 11 is 1.70. The van der Waals surface area contributed by atoms with Gasteiger partial charge in [0.1, 0.15) is 10.8 Å². The minimum absolute atomic E-state index is 0.0458. The summed E-state index contributed by atoms with van der Waals surface area (Å²) in [5, 5.41) is 1.07. The van der Waals surface area contributed by atoms with Crippen molar-refractivity contribution >= 4 is 37.5 Å². The van der Waals surface area contributed by atoms with Gasteiger partial charge in [0.25, 0.3) is 5.91 Å². The molecule has 1 aliphatic rings. The van der Waals surface area contributed by atoms with E-state index in [1.807, 2.05) is 18.2 Å². The number of carbonyl (C=O) groups excluding carboxylic acids is 1. The third kappa shape index (κ3) is 5.05. The fourth-order valence-electron chi connectivity index (χ4n) is 3.93. The van der Waals surface area contributed by atoms with Crippen molar-refractivity contribution in [3.05, 3.63) is 83.3 Å². The second-order valence-electron chi connectivity index (χ2n) is 8.08. The predicted octanol–water partition coefficient (Wildman–Crippen LogP) is 3.33. The highest BCUT2D eigenvalue weighted by Crippen LogP contribution is 2.23. The van der Waals surface area contributed by atoms with Crippen LogP contribution in [0, 0.1) is 0 Å². The van der Waals surface area contributed by atoms with Gasteiger partial charge in [-0.05, 0) is 42.5 Å². The van der Waals surface area contributed by atoms with Crippen LogP contribution >= 0.6 is 11.3 Å². The number of para-hydroxylation sites is 1. The Balaban J connectivity index is 1.19. The molecule has 1 aliphatic heterocycles. The number of benzene rings is 2. The van der Waals surface area contributed by atoms with Crippen LogP contribution in [0.1, 0.15) is 21.1 Å². The number of amides is 1. The zero-order valence-electron chi connectivity index (χ0n) is 18.4. The summed E-state index contributed by atoms with van der Waals surface area (Å²) in [6, 6.07) is 17.7. The maximum absolute atomic E-state index is 13.1. The van der Waals surface area contributed by atoms with E-state index in [2.05, 4.69) is 15.7 Å². The lowest BCUT2D eigenvalue weighted by Crippen LogP contribution is -2.48. The van der Waals surface area contributed by atoms with Crippen molar-refractivity contribution in [3.63, 3.8) is 0 Å². The lowest BCUT2D eigenvalue weighted by atomic mass is 10.2. The molecule has 34 heavy (non-hydrogen) atoms. The smallest absolute Gasteiger partial charge is 0.253 e. The first-order valence-electron chi connectivity index (χ1n) is 11.0. The van der Waals surface area contributed by atoms with Crippen molar-refractivity contribution in [1.29, 1.82) is 0 Å². The molecule has 10 heteroatoms. The molecular formula is C24H24N4O4S2. The Morgan fingerprint density at radius 2 is 1.85 bits per heavy atom. The molecule has 4 aromatic rings. The summed E-state index contributed by atoms with van der Waals surface area (Å²) < 4.78 is 34.2. The molecule has 0 saturated carbocycles. The van der Waals surface area contributed by atoms with E-state index in [1.165, 1.54) is 23.1 Å². The van der Waals surface area contributed by atoms with Crippen LogP contribution in [0.2, 0.25) is 0 Å². The van der Waals surface area contributed by atoms with Gasteiger partial charge in [0, 0.05) is 31.7 Å². The zero-order chi connectivity index (χ0) is 23.5. The van der Waals surface area contributed by atoms with Crippen molar-refractivity contribution in [3.8, 4) is 0 Å². The fraction of sp³-hybridized carbons (Fsp3) is 0.250.